The summed E-state index contributed by atoms with van der Waals surface area (Å²) in [6.07, 6.45) is 13.3. The number of nitrogens with one attached hydrogen (secondary N) is 1. The lowest BCUT2D eigenvalue weighted by molar-refractivity contribution is 0.0973. The van der Waals surface area contributed by atoms with Crippen LogP contribution in [0.25, 0.3) is 16.6 Å². The predicted octanol–water partition coefficient (Wildman–Crippen LogP) is 4.11. The zero-order valence-corrected chi connectivity index (χ0v) is 22.9. The second-order valence-corrected chi connectivity index (χ2v) is 13.1. The van der Waals surface area contributed by atoms with Crippen molar-refractivity contribution in [1.29, 1.82) is 0 Å². The van der Waals surface area contributed by atoms with Crippen LogP contribution < -0.4 is 5.32 Å². The number of aliphatic hydroxyl groups is 1. The summed E-state index contributed by atoms with van der Waals surface area (Å²) >= 11 is 0. The summed E-state index contributed by atoms with van der Waals surface area (Å²) in [5.74, 6) is 0.640. The first-order valence-electron chi connectivity index (χ1n) is 13.9. The molecule has 9 nitrogen and oxygen atoms in total. The summed E-state index contributed by atoms with van der Waals surface area (Å²) in [7, 11) is -3.33. The van der Waals surface area contributed by atoms with Crippen LogP contribution in [0.2, 0.25) is 0 Å². The first kappa shape index (κ1) is 26.6. The van der Waals surface area contributed by atoms with Crippen LogP contribution >= 0.6 is 0 Å². The molecule has 3 aliphatic rings. The van der Waals surface area contributed by atoms with Gasteiger partial charge in [0.15, 0.2) is 0 Å². The molecule has 2 aromatic heterocycles. The molecule has 5 rings (SSSR count). The van der Waals surface area contributed by atoms with Crippen LogP contribution in [0.4, 0.5) is 5.95 Å². The van der Waals surface area contributed by atoms with Crippen molar-refractivity contribution in [2.24, 2.45) is 0 Å². The number of nitrogens with zero attached hydrogens (tertiary/aromatic N) is 4. The number of sulfonamides is 1. The third-order valence-electron chi connectivity index (χ3n) is 8.20. The maximum Gasteiger partial charge on any atom is 0.224 e. The van der Waals surface area contributed by atoms with Gasteiger partial charge < -0.3 is 19.7 Å². The second-order valence-electron chi connectivity index (χ2n) is 10.9. The Balaban J connectivity index is 1.43. The lowest BCUT2D eigenvalue weighted by Crippen LogP contribution is -2.43. The molecule has 1 atom stereocenters. The summed E-state index contributed by atoms with van der Waals surface area (Å²) in [5, 5.41) is 14.2. The van der Waals surface area contributed by atoms with E-state index in [0.717, 1.165) is 60.7 Å². The fourth-order valence-electron chi connectivity index (χ4n) is 6.01. The predicted molar refractivity (Wildman–Crippen MR) is 146 cm³/mol. The molecule has 0 bridgehead atoms. The van der Waals surface area contributed by atoms with Crippen molar-refractivity contribution in [3.63, 3.8) is 0 Å². The molecule has 0 radical (unpaired) electrons. The molecule has 2 fully saturated rings. The van der Waals surface area contributed by atoms with E-state index in [2.05, 4.69) is 41.0 Å². The molecule has 10 heteroatoms. The number of aliphatic hydroxyl groups excluding tert-OH is 1. The highest BCUT2D eigenvalue weighted by molar-refractivity contribution is 7.89. The molecule has 4 heterocycles. The Hall–Kier alpha value is -2.01. The van der Waals surface area contributed by atoms with Gasteiger partial charge in [0.05, 0.1) is 11.4 Å². The van der Waals surface area contributed by atoms with Gasteiger partial charge in [-0.3, -0.25) is 0 Å². The molecule has 37 heavy (non-hydrogen) atoms. The van der Waals surface area contributed by atoms with E-state index in [0.29, 0.717) is 57.6 Å². The van der Waals surface area contributed by atoms with Crippen LogP contribution in [0.5, 0.6) is 0 Å². The zero-order valence-electron chi connectivity index (χ0n) is 22.1. The Kier molecular flexibility index (Phi) is 8.19. The van der Waals surface area contributed by atoms with Crippen LogP contribution in [0.15, 0.2) is 18.5 Å². The zero-order chi connectivity index (χ0) is 26.0. The molecule has 1 saturated heterocycles. The summed E-state index contributed by atoms with van der Waals surface area (Å²) in [6, 6.07) is 0.574. The van der Waals surface area contributed by atoms with E-state index in [9.17, 15) is 13.5 Å². The van der Waals surface area contributed by atoms with E-state index in [1.165, 1.54) is 0 Å². The highest BCUT2D eigenvalue weighted by Gasteiger charge is 2.34. The number of rotatable bonds is 8. The van der Waals surface area contributed by atoms with Crippen LogP contribution in [0.1, 0.15) is 83.2 Å². The van der Waals surface area contributed by atoms with Crippen LogP contribution in [-0.2, 0) is 14.8 Å². The highest BCUT2D eigenvalue weighted by Crippen LogP contribution is 2.37. The molecule has 2 aromatic rings. The molecule has 204 valence electrons. The minimum Gasteiger partial charge on any atom is -0.393 e. The van der Waals surface area contributed by atoms with Crippen LogP contribution in [0, 0.1) is 0 Å². The van der Waals surface area contributed by atoms with E-state index < -0.39 is 10.0 Å². The van der Waals surface area contributed by atoms with E-state index in [-0.39, 0.29) is 17.4 Å². The molecular weight excluding hydrogens is 490 g/mol. The first-order chi connectivity index (χ1) is 17.9. The minimum absolute atomic E-state index is 0.219. The van der Waals surface area contributed by atoms with E-state index in [1.54, 1.807) is 4.31 Å². The molecule has 0 aromatic carbocycles. The SMILES string of the molecule is CCC[C@H](C)Nc1ncc2c(C3=CCN(S(=O)(=O)C4CCOCC4)CC3)cn(C3CCC(O)CC3)c2n1. The van der Waals surface area contributed by atoms with Gasteiger partial charge in [0.2, 0.25) is 16.0 Å². The van der Waals surface area contributed by atoms with E-state index in [4.69, 9.17) is 9.72 Å². The largest absolute Gasteiger partial charge is 0.393 e. The van der Waals surface area contributed by atoms with Crippen molar-refractivity contribution in [2.45, 2.75) is 95.1 Å². The van der Waals surface area contributed by atoms with Gasteiger partial charge in [-0.25, -0.2) is 13.4 Å². The number of fused-ring (bicyclic) bond motifs is 1. The summed E-state index contributed by atoms with van der Waals surface area (Å²) in [4.78, 5) is 9.60. The van der Waals surface area contributed by atoms with Crippen molar-refractivity contribution in [3.8, 4) is 0 Å². The third kappa shape index (κ3) is 5.72. The van der Waals surface area contributed by atoms with Crippen molar-refractivity contribution < 1.29 is 18.3 Å². The Morgan fingerprint density at radius 1 is 1.19 bits per heavy atom. The maximum atomic E-state index is 13.2. The van der Waals surface area contributed by atoms with Crippen molar-refractivity contribution in [3.05, 3.63) is 24.0 Å². The molecule has 1 aliphatic carbocycles. The fraction of sp³-hybridized carbons (Fsp3) is 0.704. The topological polar surface area (TPSA) is 110 Å². The van der Waals surface area contributed by atoms with Gasteiger partial charge in [-0.1, -0.05) is 19.4 Å². The summed E-state index contributed by atoms with van der Waals surface area (Å²) in [5.41, 5.74) is 3.16. The van der Waals surface area contributed by atoms with Crippen molar-refractivity contribution in [2.75, 3.05) is 31.6 Å². The molecule has 0 amide bonds. The van der Waals surface area contributed by atoms with E-state index >= 15 is 0 Å². The minimum atomic E-state index is -3.33. The number of hydrogen-bond donors (Lipinski definition) is 2. The quantitative estimate of drug-likeness (QED) is 0.528. The molecule has 0 unspecified atom stereocenters. The smallest absolute Gasteiger partial charge is 0.224 e. The average Bonchev–Trinajstić information content (AvgIpc) is 3.28. The molecule has 2 aliphatic heterocycles. The molecule has 0 spiro atoms. The number of ether oxygens (including phenoxy) is 1. The van der Waals surface area contributed by atoms with Crippen LogP contribution in [-0.4, -0.2) is 76.1 Å². The Morgan fingerprint density at radius 3 is 2.62 bits per heavy atom. The number of anilines is 1. The summed E-state index contributed by atoms with van der Waals surface area (Å²) in [6.45, 7) is 6.24. The van der Waals surface area contributed by atoms with Gasteiger partial charge in [-0.05, 0) is 63.9 Å². The first-order valence-corrected chi connectivity index (χ1v) is 15.5. The monoisotopic (exact) mass is 531 g/mol. The highest BCUT2D eigenvalue weighted by atomic mass is 32.2. The van der Waals surface area contributed by atoms with Crippen molar-refractivity contribution in [1.82, 2.24) is 18.8 Å². The Morgan fingerprint density at radius 2 is 1.95 bits per heavy atom. The molecule has 1 saturated carbocycles. The van der Waals surface area contributed by atoms with Crippen LogP contribution in [0.3, 0.4) is 0 Å². The lowest BCUT2D eigenvalue weighted by Gasteiger charge is -2.31. The third-order valence-corrected chi connectivity index (χ3v) is 10.6. The number of aromatic nitrogens is 3. The van der Waals surface area contributed by atoms with Gasteiger partial charge in [0.1, 0.15) is 5.65 Å². The Labute approximate surface area is 220 Å². The normalized spacial score (nSPS) is 25.2. The van der Waals surface area contributed by atoms with Gasteiger partial charge in [0, 0.05) is 61.7 Å². The summed E-state index contributed by atoms with van der Waals surface area (Å²) < 4.78 is 35.7. The average molecular weight is 532 g/mol. The second kappa shape index (κ2) is 11.4. The standard InChI is InChI=1S/C27H41N5O4S/c1-3-4-19(2)29-27-28-17-24-25(18-32(26(24)30-27)21-5-7-22(33)8-6-21)20-9-13-31(14-10-20)37(34,35)23-11-15-36-16-12-23/h9,17-19,21-23,33H,3-8,10-16H2,1-2H3,(H,28,29,30)/t19-,21?,22?/m0/s1. The van der Waals surface area contributed by atoms with Gasteiger partial charge in [-0.15, -0.1) is 0 Å². The van der Waals surface area contributed by atoms with Gasteiger partial charge in [-0.2, -0.15) is 9.29 Å². The number of hydrogen-bond acceptors (Lipinski definition) is 7. The molecular formula is C27H41N5O4S. The van der Waals surface area contributed by atoms with Gasteiger partial charge in [0.25, 0.3) is 0 Å². The maximum absolute atomic E-state index is 13.2. The molecule has 2 N–H and O–H groups in total. The fourth-order valence-corrected chi connectivity index (χ4v) is 7.84. The lowest BCUT2D eigenvalue weighted by atomic mass is 9.93. The van der Waals surface area contributed by atoms with Crippen molar-refractivity contribution >= 4 is 32.6 Å². The van der Waals surface area contributed by atoms with Gasteiger partial charge >= 0.3 is 0 Å². The Bertz CT molecular complexity index is 1210. The van der Waals surface area contributed by atoms with E-state index in [1.807, 2.05) is 6.20 Å².